The Bertz CT molecular complexity index is 1290. The quantitative estimate of drug-likeness (QED) is 0.573. The summed E-state index contributed by atoms with van der Waals surface area (Å²) in [5.74, 6) is -2.93. The van der Waals surface area contributed by atoms with Crippen LogP contribution in [-0.2, 0) is 21.9 Å². The van der Waals surface area contributed by atoms with Crippen LogP contribution in [0.25, 0.3) is 0 Å². The first-order valence-electron chi connectivity index (χ1n) is 10.6. The van der Waals surface area contributed by atoms with Gasteiger partial charge in [-0.2, -0.15) is 4.31 Å². The summed E-state index contributed by atoms with van der Waals surface area (Å²) in [6.07, 6.45) is 3.84. The molecule has 1 aliphatic rings. The van der Waals surface area contributed by atoms with Crippen molar-refractivity contribution in [3.05, 3.63) is 83.7 Å². The zero-order chi connectivity index (χ0) is 24.5. The molecule has 1 saturated heterocycles. The molecule has 2 heterocycles. The maximum atomic E-state index is 13.5. The van der Waals surface area contributed by atoms with Crippen LogP contribution in [0.5, 0.6) is 0 Å². The number of nitrogens with zero attached hydrogens (tertiary/aromatic N) is 3. The number of nitrogens with one attached hydrogen (secondary N) is 1. The van der Waals surface area contributed by atoms with E-state index < -0.39 is 39.4 Å². The minimum absolute atomic E-state index is 0.0586. The van der Waals surface area contributed by atoms with Crippen molar-refractivity contribution in [2.45, 2.75) is 23.8 Å². The molecule has 3 aromatic rings. The van der Waals surface area contributed by atoms with E-state index in [1.165, 1.54) is 16.4 Å². The number of amides is 1. The fraction of sp³-hybridized carbons (Fsp3) is 0.304. The number of halogens is 3. The average Bonchev–Trinajstić information content (AvgIpc) is 3.25. The molecule has 0 unspecified atom stereocenters. The van der Waals surface area contributed by atoms with Crippen LogP contribution in [0.2, 0.25) is 0 Å². The molecule has 11 heteroatoms. The Kier molecular flexibility index (Phi) is 6.76. The highest BCUT2D eigenvalue weighted by atomic mass is 32.2. The highest BCUT2D eigenvalue weighted by molar-refractivity contribution is 7.89. The van der Waals surface area contributed by atoms with E-state index in [1.54, 1.807) is 36.1 Å². The monoisotopic (exact) mass is 492 g/mol. The summed E-state index contributed by atoms with van der Waals surface area (Å²) in [5, 5.41) is 2.96. The molecule has 0 spiro atoms. The maximum absolute atomic E-state index is 13.5. The summed E-state index contributed by atoms with van der Waals surface area (Å²) in [6.45, 7) is 0.117. The van der Waals surface area contributed by atoms with E-state index in [0.717, 1.165) is 12.1 Å². The van der Waals surface area contributed by atoms with Gasteiger partial charge in [0.1, 0.15) is 17.7 Å². The summed E-state index contributed by atoms with van der Waals surface area (Å²) < 4.78 is 68.7. The Morgan fingerprint density at radius 3 is 2.32 bits per heavy atom. The molecule has 7 nitrogen and oxygen atoms in total. The van der Waals surface area contributed by atoms with Gasteiger partial charge in [-0.25, -0.2) is 26.6 Å². The second-order valence-electron chi connectivity index (χ2n) is 8.14. The predicted molar refractivity (Wildman–Crippen MR) is 117 cm³/mol. The first-order valence-corrected chi connectivity index (χ1v) is 12.1. The molecule has 1 amide bonds. The minimum atomic E-state index is -4.02. The van der Waals surface area contributed by atoms with Gasteiger partial charge in [-0.3, -0.25) is 4.79 Å². The second-order valence-corrected chi connectivity index (χ2v) is 10.1. The van der Waals surface area contributed by atoms with Crippen LogP contribution < -0.4 is 5.32 Å². The maximum Gasteiger partial charge on any atom is 0.243 e. The molecule has 1 atom stereocenters. The van der Waals surface area contributed by atoms with Crippen molar-refractivity contribution in [1.29, 1.82) is 0 Å². The number of aryl methyl sites for hydroxylation is 1. The largest absolute Gasteiger partial charge is 0.342 e. The number of rotatable bonds is 6. The van der Waals surface area contributed by atoms with E-state index in [9.17, 15) is 26.4 Å². The Balaban J connectivity index is 1.46. The highest BCUT2D eigenvalue weighted by Gasteiger charge is 2.34. The van der Waals surface area contributed by atoms with Crippen molar-refractivity contribution in [2.24, 2.45) is 13.0 Å². The summed E-state index contributed by atoms with van der Waals surface area (Å²) >= 11 is 0. The first-order chi connectivity index (χ1) is 16.2. The molecule has 0 bridgehead atoms. The number of hydrogen-bond acceptors (Lipinski definition) is 4. The standard InChI is InChI=1S/C23H23F3N4O3S/c1-29-13-10-27-22(29)21(15-2-4-17(24)5-3-15)28-23(31)16-8-11-30(12-9-16)34(32,33)18-6-7-19(25)20(26)14-18/h2-7,10,13-14,16,21H,8-9,11-12H2,1H3,(H,28,31)/t21-/m1/s1. The summed E-state index contributed by atoms with van der Waals surface area (Å²) in [6, 6.07) is 7.60. The zero-order valence-electron chi connectivity index (χ0n) is 18.3. The van der Waals surface area contributed by atoms with E-state index in [0.29, 0.717) is 17.5 Å². The van der Waals surface area contributed by atoms with Gasteiger partial charge in [0, 0.05) is 38.4 Å². The lowest BCUT2D eigenvalue weighted by molar-refractivity contribution is -0.126. The summed E-state index contributed by atoms with van der Waals surface area (Å²) in [4.78, 5) is 17.1. The first kappa shape index (κ1) is 24.0. The van der Waals surface area contributed by atoms with Crippen LogP contribution >= 0.6 is 0 Å². The Morgan fingerprint density at radius 1 is 1.06 bits per heavy atom. The smallest absolute Gasteiger partial charge is 0.243 e. The highest BCUT2D eigenvalue weighted by Crippen LogP contribution is 2.27. The lowest BCUT2D eigenvalue weighted by Crippen LogP contribution is -2.44. The number of carbonyl (C=O) groups is 1. The Hall–Kier alpha value is -3.18. The van der Waals surface area contributed by atoms with Gasteiger partial charge < -0.3 is 9.88 Å². The number of imidazole rings is 1. The molecule has 180 valence electrons. The molecule has 34 heavy (non-hydrogen) atoms. The molecule has 1 aliphatic heterocycles. The molecule has 0 saturated carbocycles. The van der Waals surface area contributed by atoms with Crippen molar-refractivity contribution in [2.75, 3.05) is 13.1 Å². The van der Waals surface area contributed by atoms with Gasteiger partial charge in [0.05, 0.1) is 4.90 Å². The van der Waals surface area contributed by atoms with Gasteiger partial charge in [-0.1, -0.05) is 12.1 Å². The van der Waals surface area contributed by atoms with Crippen LogP contribution in [-0.4, -0.2) is 41.3 Å². The summed E-state index contributed by atoms with van der Waals surface area (Å²) in [7, 11) is -2.23. The molecule has 4 rings (SSSR count). The van der Waals surface area contributed by atoms with Crippen molar-refractivity contribution in [3.63, 3.8) is 0 Å². The van der Waals surface area contributed by atoms with E-state index >= 15 is 0 Å². The number of benzene rings is 2. The summed E-state index contributed by atoms with van der Waals surface area (Å²) in [5.41, 5.74) is 0.655. The minimum Gasteiger partial charge on any atom is -0.342 e. The van der Waals surface area contributed by atoms with Crippen LogP contribution in [0.4, 0.5) is 13.2 Å². The third-order valence-electron chi connectivity index (χ3n) is 5.96. The third-order valence-corrected chi connectivity index (χ3v) is 7.85. The van der Waals surface area contributed by atoms with Gasteiger partial charge in [-0.15, -0.1) is 0 Å². The molecular formula is C23H23F3N4O3S. The topological polar surface area (TPSA) is 84.3 Å². The number of piperidine rings is 1. The number of hydrogen-bond donors (Lipinski definition) is 1. The van der Waals surface area contributed by atoms with Crippen LogP contribution in [0, 0.1) is 23.4 Å². The molecule has 0 aliphatic carbocycles. The number of sulfonamides is 1. The van der Waals surface area contributed by atoms with Crippen molar-refractivity contribution >= 4 is 15.9 Å². The van der Waals surface area contributed by atoms with Gasteiger partial charge >= 0.3 is 0 Å². The molecule has 1 fully saturated rings. The average molecular weight is 493 g/mol. The van der Waals surface area contributed by atoms with E-state index in [-0.39, 0.29) is 36.7 Å². The van der Waals surface area contributed by atoms with Crippen molar-refractivity contribution < 1.29 is 26.4 Å². The van der Waals surface area contributed by atoms with Gasteiger partial charge in [-0.05, 0) is 48.7 Å². The van der Waals surface area contributed by atoms with E-state index in [1.807, 2.05) is 0 Å². The molecule has 1 N–H and O–H groups in total. The lowest BCUT2D eigenvalue weighted by Gasteiger charge is -2.31. The lowest BCUT2D eigenvalue weighted by atomic mass is 9.96. The Morgan fingerprint density at radius 2 is 1.74 bits per heavy atom. The van der Waals surface area contributed by atoms with Gasteiger partial charge in [0.15, 0.2) is 11.6 Å². The van der Waals surface area contributed by atoms with Crippen LogP contribution in [0.3, 0.4) is 0 Å². The van der Waals surface area contributed by atoms with Crippen molar-refractivity contribution in [3.8, 4) is 0 Å². The zero-order valence-corrected chi connectivity index (χ0v) is 19.1. The fourth-order valence-corrected chi connectivity index (χ4v) is 5.49. The number of carbonyl (C=O) groups excluding carboxylic acids is 1. The van der Waals surface area contributed by atoms with Gasteiger partial charge in [0.25, 0.3) is 0 Å². The van der Waals surface area contributed by atoms with Crippen molar-refractivity contribution in [1.82, 2.24) is 19.2 Å². The molecule has 2 aromatic carbocycles. The van der Waals surface area contributed by atoms with Crippen LogP contribution in [0.15, 0.2) is 59.8 Å². The molecule has 0 radical (unpaired) electrons. The predicted octanol–water partition coefficient (Wildman–Crippen LogP) is 3.14. The van der Waals surface area contributed by atoms with E-state index in [4.69, 9.17) is 0 Å². The van der Waals surface area contributed by atoms with E-state index in [2.05, 4.69) is 10.3 Å². The SMILES string of the molecule is Cn1ccnc1[C@H](NC(=O)C1CCN(S(=O)(=O)c2ccc(F)c(F)c2)CC1)c1ccc(F)cc1. The molecule has 1 aromatic heterocycles. The molecular weight excluding hydrogens is 469 g/mol. The normalized spacial score (nSPS) is 16.4. The van der Waals surface area contributed by atoms with Gasteiger partial charge in [0.2, 0.25) is 15.9 Å². The Labute approximate surface area is 195 Å². The number of aromatic nitrogens is 2. The second kappa shape index (κ2) is 9.59. The third kappa shape index (κ3) is 4.85. The van der Waals surface area contributed by atoms with Crippen LogP contribution in [0.1, 0.15) is 30.3 Å². The fourth-order valence-electron chi connectivity index (χ4n) is 4.01.